The molecule has 0 radical (unpaired) electrons. The van der Waals surface area contributed by atoms with Gasteiger partial charge in [0, 0.05) is 6.54 Å². The third kappa shape index (κ3) is 2.94. The molecule has 0 aromatic heterocycles. The molecule has 2 aliphatic rings. The molecule has 140 valence electrons. The quantitative estimate of drug-likeness (QED) is 0.864. The molecule has 1 N–H and O–H groups in total. The second kappa shape index (κ2) is 6.68. The summed E-state index contributed by atoms with van der Waals surface area (Å²) >= 11 is 0. The number of morpholine rings is 1. The van der Waals surface area contributed by atoms with Crippen molar-refractivity contribution in [3.05, 3.63) is 65.7 Å². The van der Waals surface area contributed by atoms with Crippen LogP contribution in [0.5, 0.6) is 5.75 Å². The van der Waals surface area contributed by atoms with Gasteiger partial charge in [-0.1, -0.05) is 42.5 Å². The van der Waals surface area contributed by atoms with Crippen LogP contribution in [0.15, 0.2) is 54.6 Å². The molecule has 27 heavy (non-hydrogen) atoms. The van der Waals surface area contributed by atoms with E-state index in [4.69, 9.17) is 14.2 Å². The van der Waals surface area contributed by atoms with Gasteiger partial charge in [0.05, 0.1) is 19.2 Å². The molecule has 7 heteroatoms. The van der Waals surface area contributed by atoms with E-state index < -0.39 is 29.9 Å². The maximum Gasteiger partial charge on any atom is 0.336 e. The van der Waals surface area contributed by atoms with Gasteiger partial charge in [0.2, 0.25) is 5.79 Å². The third-order valence-corrected chi connectivity index (χ3v) is 4.84. The number of para-hydroxylation sites is 1. The number of nitrogens with zero attached hydrogens (tertiary/aromatic N) is 1. The van der Waals surface area contributed by atoms with Crippen LogP contribution < -0.4 is 4.74 Å². The van der Waals surface area contributed by atoms with E-state index in [1.165, 1.54) is 7.11 Å². The van der Waals surface area contributed by atoms with E-state index in [-0.39, 0.29) is 6.54 Å². The Morgan fingerprint density at radius 3 is 2.59 bits per heavy atom. The Labute approximate surface area is 156 Å². The maximum atomic E-state index is 12.9. The second-order valence-electron chi connectivity index (χ2n) is 6.55. The average Bonchev–Trinajstić information content (AvgIpc) is 3.03. The van der Waals surface area contributed by atoms with E-state index in [1.54, 1.807) is 29.2 Å². The van der Waals surface area contributed by atoms with Crippen LogP contribution >= 0.6 is 0 Å². The van der Waals surface area contributed by atoms with Crippen LogP contribution in [0.25, 0.3) is 0 Å². The fourth-order valence-corrected chi connectivity index (χ4v) is 3.61. The van der Waals surface area contributed by atoms with Gasteiger partial charge in [-0.2, -0.15) is 0 Å². The lowest BCUT2D eigenvalue weighted by Crippen LogP contribution is -2.53. The highest BCUT2D eigenvalue weighted by Crippen LogP contribution is 2.46. The number of carbonyl (C=O) groups excluding carboxylic acids is 1. The summed E-state index contributed by atoms with van der Waals surface area (Å²) in [6, 6.07) is 16.6. The minimum absolute atomic E-state index is 0.0708. The number of aliphatic carboxylic acids is 1. The third-order valence-electron chi connectivity index (χ3n) is 4.84. The average molecular weight is 369 g/mol. The van der Waals surface area contributed by atoms with E-state index in [0.29, 0.717) is 17.9 Å². The number of amides is 1. The van der Waals surface area contributed by atoms with Crippen LogP contribution in [0.1, 0.15) is 11.1 Å². The molecule has 2 fully saturated rings. The summed E-state index contributed by atoms with van der Waals surface area (Å²) in [6.45, 7) is 0.410. The van der Waals surface area contributed by atoms with E-state index in [9.17, 15) is 14.7 Å². The van der Waals surface area contributed by atoms with Crippen molar-refractivity contribution in [2.24, 2.45) is 0 Å². The molecule has 2 aromatic carbocycles. The Kier molecular flexibility index (Phi) is 4.33. The first-order valence-electron chi connectivity index (χ1n) is 8.59. The number of ether oxygens (including phenoxy) is 3. The zero-order chi connectivity index (χ0) is 19.0. The maximum absolute atomic E-state index is 12.9. The highest BCUT2D eigenvalue weighted by molar-refractivity contribution is 5.89. The van der Waals surface area contributed by atoms with Crippen molar-refractivity contribution >= 4 is 11.9 Å². The summed E-state index contributed by atoms with van der Waals surface area (Å²) in [7, 11) is 1.52. The van der Waals surface area contributed by atoms with Crippen molar-refractivity contribution < 1.29 is 28.9 Å². The van der Waals surface area contributed by atoms with Crippen LogP contribution in [0, 0.1) is 0 Å². The minimum Gasteiger partial charge on any atom is -0.496 e. The molecule has 3 unspecified atom stereocenters. The molecule has 1 amide bonds. The van der Waals surface area contributed by atoms with Gasteiger partial charge in [-0.05, 0) is 17.7 Å². The smallest absolute Gasteiger partial charge is 0.336 e. The van der Waals surface area contributed by atoms with Gasteiger partial charge in [-0.15, -0.1) is 0 Å². The van der Waals surface area contributed by atoms with Crippen LogP contribution in [-0.2, 0) is 31.4 Å². The van der Waals surface area contributed by atoms with Crippen molar-refractivity contribution in [3.8, 4) is 5.75 Å². The van der Waals surface area contributed by atoms with Crippen LogP contribution in [-0.4, -0.2) is 47.7 Å². The van der Waals surface area contributed by atoms with E-state index in [2.05, 4.69) is 0 Å². The highest BCUT2D eigenvalue weighted by Gasteiger charge is 2.61. The molecule has 2 aromatic rings. The first-order chi connectivity index (χ1) is 13.0. The Bertz CT molecular complexity index is 870. The Morgan fingerprint density at radius 1 is 1.19 bits per heavy atom. The Morgan fingerprint density at radius 2 is 1.89 bits per heavy atom. The number of carboxylic acid groups (broad SMARTS) is 1. The Balaban J connectivity index is 1.74. The van der Waals surface area contributed by atoms with Gasteiger partial charge in [0.25, 0.3) is 5.91 Å². The number of methoxy groups -OCH3 is 1. The highest BCUT2D eigenvalue weighted by atomic mass is 16.8. The van der Waals surface area contributed by atoms with Crippen molar-refractivity contribution in [2.75, 3.05) is 13.7 Å². The fourth-order valence-electron chi connectivity index (χ4n) is 3.61. The predicted octanol–water partition coefficient (Wildman–Crippen LogP) is 1.76. The fraction of sp³-hybridized carbons (Fsp3) is 0.300. The van der Waals surface area contributed by atoms with Gasteiger partial charge in [-0.25, -0.2) is 4.79 Å². The van der Waals surface area contributed by atoms with Gasteiger partial charge in [0.15, 0.2) is 12.2 Å². The lowest BCUT2D eigenvalue weighted by Gasteiger charge is -2.38. The van der Waals surface area contributed by atoms with E-state index in [0.717, 1.165) is 5.56 Å². The molecule has 0 spiro atoms. The number of benzene rings is 2. The molecule has 3 atom stereocenters. The number of carbonyl (C=O) groups is 2. The predicted molar refractivity (Wildman–Crippen MR) is 93.9 cm³/mol. The van der Waals surface area contributed by atoms with Crippen LogP contribution in [0.2, 0.25) is 0 Å². The summed E-state index contributed by atoms with van der Waals surface area (Å²) in [5.41, 5.74) is 1.50. The van der Waals surface area contributed by atoms with Gasteiger partial charge < -0.3 is 24.2 Å². The van der Waals surface area contributed by atoms with Crippen molar-refractivity contribution in [2.45, 2.75) is 24.5 Å². The molecular weight excluding hydrogens is 350 g/mol. The molecule has 7 nitrogen and oxygen atoms in total. The lowest BCUT2D eigenvalue weighted by atomic mass is 10.0. The summed E-state index contributed by atoms with van der Waals surface area (Å²) in [5, 5.41) is 9.53. The van der Waals surface area contributed by atoms with Crippen molar-refractivity contribution in [1.29, 1.82) is 0 Å². The standard InChI is InChI=1S/C20H19NO6/c1-25-15-10-6-5-9-14(15)20-12-21(11-13-7-3-2-4-8-13)18(22)16(26-20)17(27-20)19(23)24/h2-10,16-17H,11-12H2,1H3,(H,23,24). The Hall–Kier alpha value is -2.90. The normalized spacial score (nSPS) is 26.9. The number of hydrogen-bond acceptors (Lipinski definition) is 5. The molecular formula is C20H19NO6. The molecule has 0 saturated carbocycles. The number of carboxylic acids is 1. The van der Waals surface area contributed by atoms with E-state index in [1.807, 2.05) is 30.3 Å². The molecule has 2 saturated heterocycles. The molecule has 2 bridgehead atoms. The minimum atomic E-state index is -1.39. The summed E-state index contributed by atoms with van der Waals surface area (Å²) < 4.78 is 17.1. The zero-order valence-corrected chi connectivity index (χ0v) is 14.7. The number of fused-ring (bicyclic) bond motifs is 2. The molecule has 0 aliphatic carbocycles. The largest absolute Gasteiger partial charge is 0.496 e. The van der Waals surface area contributed by atoms with Gasteiger partial charge in [0.1, 0.15) is 5.75 Å². The molecule has 2 heterocycles. The lowest BCUT2D eigenvalue weighted by molar-refractivity contribution is -0.220. The number of rotatable bonds is 5. The van der Waals surface area contributed by atoms with Crippen molar-refractivity contribution in [3.63, 3.8) is 0 Å². The number of hydrogen-bond donors (Lipinski definition) is 1. The molecule has 2 aliphatic heterocycles. The van der Waals surface area contributed by atoms with Crippen LogP contribution in [0.4, 0.5) is 0 Å². The monoisotopic (exact) mass is 369 g/mol. The van der Waals surface area contributed by atoms with Crippen molar-refractivity contribution in [1.82, 2.24) is 4.90 Å². The summed E-state index contributed by atoms with van der Waals surface area (Å²) in [5.74, 6) is -2.50. The summed E-state index contributed by atoms with van der Waals surface area (Å²) in [4.78, 5) is 26.1. The zero-order valence-electron chi connectivity index (χ0n) is 14.7. The SMILES string of the molecule is COc1ccccc1C12CN(Cc3ccccc3)C(=O)C(O1)C(C(=O)O)O2. The second-order valence-corrected chi connectivity index (χ2v) is 6.55. The first-order valence-corrected chi connectivity index (χ1v) is 8.59. The molecule has 4 rings (SSSR count). The first kappa shape index (κ1) is 17.5. The van der Waals surface area contributed by atoms with Crippen LogP contribution in [0.3, 0.4) is 0 Å². The van der Waals surface area contributed by atoms with E-state index >= 15 is 0 Å². The summed E-state index contributed by atoms with van der Waals surface area (Å²) in [6.07, 6.45) is -2.58. The topological polar surface area (TPSA) is 85.3 Å². The van der Waals surface area contributed by atoms with Gasteiger partial charge >= 0.3 is 5.97 Å². The van der Waals surface area contributed by atoms with Gasteiger partial charge in [-0.3, -0.25) is 4.79 Å².